The van der Waals surface area contributed by atoms with Crippen LogP contribution in [0.2, 0.25) is 0 Å². The smallest absolute Gasteiger partial charge is 0.107 e. The molecule has 1 aromatic heterocycles. The molecule has 3 heteroatoms. The van der Waals surface area contributed by atoms with E-state index in [4.69, 9.17) is 0 Å². The zero-order chi connectivity index (χ0) is 11.9. The first-order valence-corrected chi connectivity index (χ1v) is 6.05. The first-order chi connectivity index (χ1) is 7.49. The van der Waals surface area contributed by atoms with E-state index in [0.29, 0.717) is 0 Å². The number of aryl methyl sites for hydroxylation is 3. The summed E-state index contributed by atoms with van der Waals surface area (Å²) in [5, 5.41) is 0. The highest BCUT2D eigenvalue weighted by Gasteiger charge is 2.08. The normalized spacial score (nSPS) is 11.0. The highest BCUT2D eigenvalue weighted by Crippen LogP contribution is 2.22. The number of aromatic nitrogens is 2. The predicted molar refractivity (Wildman–Crippen MR) is 72.0 cm³/mol. The lowest BCUT2D eigenvalue weighted by molar-refractivity contribution is 0.802. The lowest BCUT2D eigenvalue weighted by Crippen LogP contribution is -1.99. The van der Waals surface area contributed by atoms with Crippen LogP contribution in [0.5, 0.6) is 0 Å². The summed E-state index contributed by atoms with van der Waals surface area (Å²) >= 11 is 3.41. The minimum Gasteiger partial charge on any atom is -0.323 e. The van der Waals surface area contributed by atoms with E-state index in [-0.39, 0.29) is 0 Å². The summed E-state index contributed by atoms with van der Waals surface area (Å²) in [6, 6.07) is 4.34. The zero-order valence-electron chi connectivity index (χ0n) is 9.84. The Kier molecular flexibility index (Phi) is 2.89. The van der Waals surface area contributed by atoms with Gasteiger partial charge in [0.05, 0.1) is 17.6 Å². The maximum atomic E-state index is 4.57. The third-order valence-corrected chi connectivity index (χ3v) is 3.14. The van der Waals surface area contributed by atoms with Crippen molar-refractivity contribution >= 4 is 27.0 Å². The van der Waals surface area contributed by atoms with Gasteiger partial charge in [0.15, 0.2) is 0 Å². The van der Waals surface area contributed by atoms with Crippen LogP contribution in [0.25, 0.3) is 11.0 Å². The van der Waals surface area contributed by atoms with Crippen LogP contribution in [-0.4, -0.2) is 9.55 Å². The van der Waals surface area contributed by atoms with Gasteiger partial charge in [-0.25, -0.2) is 4.98 Å². The van der Waals surface area contributed by atoms with Crippen LogP contribution in [0.3, 0.4) is 0 Å². The van der Waals surface area contributed by atoms with Crippen molar-refractivity contribution in [3.05, 3.63) is 40.1 Å². The van der Waals surface area contributed by atoms with Gasteiger partial charge < -0.3 is 4.57 Å². The fourth-order valence-corrected chi connectivity index (χ4v) is 2.12. The summed E-state index contributed by atoms with van der Waals surface area (Å²) in [6.07, 6.45) is 0. The molecule has 2 rings (SSSR count). The van der Waals surface area contributed by atoms with Crippen LogP contribution in [0.15, 0.2) is 23.2 Å². The minimum atomic E-state index is 0.769. The van der Waals surface area contributed by atoms with Crippen molar-refractivity contribution in [2.45, 2.75) is 27.3 Å². The lowest BCUT2D eigenvalue weighted by atomic mass is 10.1. The van der Waals surface area contributed by atoms with Gasteiger partial charge in [-0.2, -0.15) is 0 Å². The van der Waals surface area contributed by atoms with Crippen LogP contribution < -0.4 is 0 Å². The number of hydrogen-bond acceptors (Lipinski definition) is 1. The Hall–Kier alpha value is -1.09. The van der Waals surface area contributed by atoms with Gasteiger partial charge >= 0.3 is 0 Å². The second-order valence-electron chi connectivity index (χ2n) is 4.19. The quantitative estimate of drug-likeness (QED) is 0.816. The molecule has 0 unspecified atom stereocenters. The number of nitrogens with zero attached hydrogens (tertiary/aromatic N) is 2. The summed E-state index contributed by atoms with van der Waals surface area (Å²) < 4.78 is 3.15. The fourth-order valence-electron chi connectivity index (χ4n) is 1.87. The predicted octanol–water partition coefficient (Wildman–Crippen LogP) is 3.87. The highest BCUT2D eigenvalue weighted by molar-refractivity contribution is 9.11. The fraction of sp³-hybridized carbons (Fsp3) is 0.308. The van der Waals surface area contributed by atoms with Gasteiger partial charge in [0, 0.05) is 4.48 Å². The molecule has 0 aliphatic carbocycles. The molecular weight excluding hydrogens is 264 g/mol. The summed E-state index contributed by atoms with van der Waals surface area (Å²) in [6.45, 7) is 10.9. The topological polar surface area (TPSA) is 17.8 Å². The van der Waals surface area contributed by atoms with Gasteiger partial charge in [0.25, 0.3) is 0 Å². The summed E-state index contributed by atoms with van der Waals surface area (Å²) in [4.78, 5) is 4.57. The Morgan fingerprint density at radius 3 is 2.56 bits per heavy atom. The van der Waals surface area contributed by atoms with Crippen molar-refractivity contribution in [2.75, 3.05) is 0 Å². The van der Waals surface area contributed by atoms with E-state index in [1.54, 1.807) is 0 Å². The molecule has 2 aromatic rings. The van der Waals surface area contributed by atoms with Gasteiger partial charge in [-0.15, -0.1) is 0 Å². The van der Waals surface area contributed by atoms with Crippen LogP contribution >= 0.6 is 15.9 Å². The van der Waals surface area contributed by atoms with Crippen LogP contribution in [-0.2, 0) is 6.54 Å². The van der Waals surface area contributed by atoms with E-state index < -0.39 is 0 Å². The van der Waals surface area contributed by atoms with E-state index in [0.717, 1.165) is 22.4 Å². The summed E-state index contributed by atoms with van der Waals surface area (Å²) in [5.74, 6) is 1.03. The second kappa shape index (κ2) is 4.06. The molecule has 1 heterocycles. The average Bonchev–Trinajstić information content (AvgIpc) is 2.45. The number of allylic oxidation sites excluding steroid dienone is 1. The molecule has 0 bridgehead atoms. The van der Waals surface area contributed by atoms with Gasteiger partial charge in [0.2, 0.25) is 0 Å². The standard InChI is InChI=1S/C13H15BrN2/c1-8-5-12-13(6-9(8)2)16(7-10(3)14)11(4)15-12/h5-6H,3,7H2,1-2,4H3. The van der Waals surface area contributed by atoms with Crippen LogP contribution in [0.1, 0.15) is 17.0 Å². The van der Waals surface area contributed by atoms with Crippen molar-refractivity contribution in [1.29, 1.82) is 0 Å². The molecule has 0 amide bonds. The molecule has 0 saturated heterocycles. The maximum absolute atomic E-state index is 4.57. The maximum Gasteiger partial charge on any atom is 0.107 e. The molecule has 1 aromatic carbocycles. The third-order valence-electron chi connectivity index (χ3n) is 2.88. The van der Waals surface area contributed by atoms with Crippen LogP contribution in [0.4, 0.5) is 0 Å². The molecule has 0 atom stereocenters. The summed E-state index contributed by atoms with van der Waals surface area (Å²) in [5.41, 5.74) is 4.83. The summed E-state index contributed by atoms with van der Waals surface area (Å²) in [7, 11) is 0. The van der Waals surface area contributed by atoms with Gasteiger partial charge in [-0.05, 0) is 44.0 Å². The van der Waals surface area contributed by atoms with Crippen molar-refractivity contribution in [3.8, 4) is 0 Å². The monoisotopic (exact) mass is 278 g/mol. The number of imidazole rings is 1. The Morgan fingerprint density at radius 1 is 1.31 bits per heavy atom. The molecule has 0 saturated carbocycles. The average molecular weight is 279 g/mol. The van der Waals surface area contributed by atoms with E-state index in [1.165, 1.54) is 16.6 Å². The van der Waals surface area contributed by atoms with Gasteiger partial charge in [-0.3, -0.25) is 0 Å². The van der Waals surface area contributed by atoms with Crippen molar-refractivity contribution in [1.82, 2.24) is 9.55 Å². The second-order valence-corrected chi connectivity index (χ2v) is 5.31. The van der Waals surface area contributed by atoms with E-state index in [9.17, 15) is 0 Å². The zero-order valence-corrected chi connectivity index (χ0v) is 11.4. The molecular formula is C13H15BrN2. The number of fused-ring (bicyclic) bond motifs is 1. The Morgan fingerprint density at radius 2 is 1.94 bits per heavy atom. The molecule has 2 nitrogen and oxygen atoms in total. The highest BCUT2D eigenvalue weighted by atomic mass is 79.9. The number of hydrogen-bond donors (Lipinski definition) is 0. The molecule has 0 aliphatic heterocycles. The van der Waals surface area contributed by atoms with E-state index >= 15 is 0 Å². The Bertz CT molecular complexity index is 567. The van der Waals surface area contributed by atoms with Crippen molar-refractivity contribution < 1.29 is 0 Å². The Labute approximate surface area is 104 Å². The molecule has 84 valence electrons. The van der Waals surface area contributed by atoms with E-state index in [2.05, 4.69) is 58.0 Å². The molecule has 0 spiro atoms. The minimum absolute atomic E-state index is 0.769. The van der Waals surface area contributed by atoms with Crippen molar-refractivity contribution in [2.24, 2.45) is 0 Å². The van der Waals surface area contributed by atoms with Crippen molar-refractivity contribution in [3.63, 3.8) is 0 Å². The molecule has 0 radical (unpaired) electrons. The van der Waals surface area contributed by atoms with E-state index in [1.807, 2.05) is 6.92 Å². The molecule has 0 aliphatic rings. The first kappa shape index (κ1) is 11.4. The number of rotatable bonds is 2. The largest absolute Gasteiger partial charge is 0.323 e. The molecule has 0 N–H and O–H groups in total. The van der Waals surface area contributed by atoms with Gasteiger partial charge in [0.1, 0.15) is 5.82 Å². The SMILES string of the molecule is C=C(Br)Cn1c(C)nc2cc(C)c(C)cc21. The third kappa shape index (κ3) is 1.92. The Balaban J connectivity index is 2.68. The molecule has 0 fully saturated rings. The molecule has 16 heavy (non-hydrogen) atoms. The number of benzene rings is 1. The number of halogens is 1. The van der Waals surface area contributed by atoms with Crippen LogP contribution in [0, 0.1) is 20.8 Å². The lowest BCUT2D eigenvalue weighted by Gasteiger charge is -2.06. The van der Waals surface area contributed by atoms with Gasteiger partial charge in [-0.1, -0.05) is 22.5 Å². The first-order valence-electron chi connectivity index (χ1n) is 5.26.